The molecule has 2 N–H and O–H groups in total. The van der Waals surface area contributed by atoms with Crippen LogP contribution in [0.2, 0.25) is 0 Å². The highest BCUT2D eigenvalue weighted by atomic mass is 32.1. The first-order valence-corrected chi connectivity index (χ1v) is 11.2. The van der Waals surface area contributed by atoms with Gasteiger partial charge in [-0.25, -0.2) is 4.98 Å². The minimum atomic E-state index is -0.374. The van der Waals surface area contributed by atoms with Crippen LogP contribution in [0.4, 0.5) is 11.5 Å². The summed E-state index contributed by atoms with van der Waals surface area (Å²) in [5.41, 5.74) is 0.997. The van der Waals surface area contributed by atoms with Gasteiger partial charge < -0.3 is 10.4 Å². The molecule has 158 valence electrons. The number of aryl methyl sites for hydroxylation is 1. The third-order valence-corrected chi connectivity index (χ3v) is 6.07. The highest BCUT2D eigenvalue weighted by Crippen LogP contribution is 2.29. The second kappa shape index (κ2) is 9.79. The van der Waals surface area contributed by atoms with Gasteiger partial charge in [0.05, 0.1) is 11.1 Å². The molecule has 0 atom stereocenters. The Labute approximate surface area is 182 Å². The smallest absolute Gasteiger partial charge is 0.275 e. The van der Waals surface area contributed by atoms with Crippen molar-refractivity contribution in [2.45, 2.75) is 19.8 Å². The molecule has 0 aliphatic carbocycles. The van der Waals surface area contributed by atoms with Crippen LogP contribution in [0.25, 0.3) is 9.88 Å². The maximum Gasteiger partial charge on any atom is 0.275 e. The van der Waals surface area contributed by atoms with Gasteiger partial charge in [0.2, 0.25) is 0 Å². The van der Waals surface area contributed by atoms with Crippen molar-refractivity contribution < 1.29 is 14.7 Å². The summed E-state index contributed by atoms with van der Waals surface area (Å²) in [4.78, 5) is 32.5. The summed E-state index contributed by atoms with van der Waals surface area (Å²) < 4.78 is 1.54. The predicted molar refractivity (Wildman–Crippen MR) is 120 cm³/mol. The average molecular weight is 446 g/mol. The molecular formula is C20H23N5O3S2. The minimum absolute atomic E-state index is 0.160. The number of nitrogens with one attached hydrogen (secondary N) is 1. The molecule has 0 aliphatic rings. The number of rotatable bonds is 9. The van der Waals surface area contributed by atoms with E-state index >= 15 is 0 Å². The van der Waals surface area contributed by atoms with Crippen molar-refractivity contribution in [1.82, 2.24) is 14.8 Å². The van der Waals surface area contributed by atoms with E-state index in [4.69, 9.17) is 5.11 Å². The Morgan fingerprint density at radius 1 is 1.37 bits per heavy atom. The van der Waals surface area contributed by atoms with Gasteiger partial charge in [0.1, 0.15) is 16.4 Å². The molecule has 3 aromatic rings. The zero-order valence-corrected chi connectivity index (χ0v) is 18.4. The summed E-state index contributed by atoms with van der Waals surface area (Å²) >= 11 is 2.96. The summed E-state index contributed by atoms with van der Waals surface area (Å²) in [6, 6.07) is 3.89. The molecule has 0 spiro atoms. The molecule has 0 unspecified atom stereocenters. The molecular weight excluding hydrogens is 422 g/mol. The molecule has 8 nitrogen and oxygen atoms in total. The summed E-state index contributed by atoms with van der Waals surface area (Å²) in [7, 11) is 1.72. The maximum atomic E-state index is 12.8. The monoisotopic (exact) mass is 445 g/mol. The molecule has 3 heterocycles. The van der Waals surface area contributed by atoms with E-state index in [0.717, 1.165) is 9.88 Å². The number of hydrogen-bond acceptors (Lipinski definition) is 7. The summed E-state index contributed by atoms with van der Waals surface area (Å²) in [5, 5.41) is 20.8. The fourth-order valence-electron chi connectivity index (χ4n) is 2.80. The van der Waals surface area contributed by atoms with E-state index < -0.39 is 0 Å². The van der Waals surface area contributed by atoms with Gasteiger partial charge >= 0.3 is 0 Å². The van der Waals surface area contributed by atoms with Crippen LogP contribution in [-0.4, -0.2) is 44.8 Å². The minimum Gasteiger partial charge on any atom is -0.396 e. The third kappa shape index (κ3) is 4.84. The molecule has 0 aromatic carbocycles. The Bertz CT molecular complexity index is 1040. The second-order valence-electron chi connectivity index (χ2n) is 6.54. The number of carbonyl (C=O) groups excluding carboxylic acids is 2. The SMILES string of the molecule is C=C(CCO)C(=O)N(CCC)c1nn(C)cc1NC(=O)c1csc(-c2cccs2)n1. The van der Waals surface area contributed by atoms with E-state index in [0.29, 0.717) is 30.2 Å². The molecule has 0 aliphatic heterocycles. The molecule has 0 saturated carbocycles. The number of amides is 2. The van der Waals surface area contributed by atoms with Crippen LogP contribution in [0.5, 0.6) is 0 Å². The lowest BCUT2D eigenvalue weighted by Gasteiger charge is -2.22. The van der Waals surface area contributed by atoms with Crippen LogP contribution in [0, 0.1) is 0 Å². The first-order valence-electron chi connectivity index (χ1n) is 9.39. The number of aliphatic hydroxyl groups is 1. The van der Waals surface area contributed by atoms with Gasteiger partial charge in [-0.3, -0.25) is 19.2 Å². The van der Waals surface area contributed by atoms with E-state index in [-0.39, 0.29) is 30.4 Å². The molecule has 0 bridgehead atoms. The number of thiazole rings is 1. The van der Waals surface area contributed by atoms with Crippen molar-refractivity contribution in [3.05, 3.63) is 46.9 Å². The number of carbonyl (C=O) groups is 2. The van der Waals surface area contributed by atoms with Gasteiger partial charge in [0, 0.05) is 37.6 Å². The Hall–Kier alpha value is -2.82. The highest BCUT2D eigenvalue weighted by molar-refractivity contribution is 7.20. The van der Waals surface area contributed by atoms with Gasteiger partial charge in [-0.15, -0.1) is 22.7 Å². The topological polar surface area (TPSA) is 100 Å². The second-order valence-corrected chi connectivity index (χ2v) is 8.35. The number of nitrogens with zero attached hydrogens (tertiary/aromatic N) is 4. The van der Waals surface area contributed by atoms with Crippen LogP contribution in [-0.2, 0) is 11.8 Å². The largest absolute Gasteiger partial charge is 0.396 e. The Kier molecular flexibility index (Phi) is 7.14. The lowest BCUT2D eigenvalue weighted by atomic mass is 10.2. The first-order chi connectivity index (χ1) is 14.4. The summed E-state index contributed by atoms with van der Waals surface area (Å²) in [6.45, 7) is 5.95. The van der Waals surface area contributed by atoms with Crippen molar-refractivity contribution in [3.8, 4) is 9.88 Å². The van der Waals surface area contributed by atoms with Gasteiger partial charge in [0.15, 0.2) is 5.82 Å². The van der Waals surface area contributed by atoms with E-state index in [1.165, 1.54) is 20.9 Å². The maximum absolute atomic E-state index is 12.8. The lowest BCUT2D eigenvalue weighted by Crippen LogP contribution is -2.34. The fourth-order valence-corrected chi connectivity index (χ4v) is 4.42. The van der Waals surface area contributed by atoms with Gasteiger partial charge in [-0.1, -0.05) is 19.6 Å². The van der Waals surface area contributed by atoms with E-state index in [1.54, 1.807) is 30.0 Å². The third-order valence-electron chi connectivity index (χ3n) is 4.19. The van der Waals surface area contributed by atoms with Crippen LogP contribution < -0.4 is 10.2 Å². The van der Waals surface area contributed by atoms with Gasteiger partial charge in [-0.05, 0) is 17.9 Å². The summed E-state index contributed by atoms with van der Waals surface area (Å²) in [5.74, 6) is -0.361. The fraction of sp³-hybridized carbons (Fsp3) is 0.300. The zero-order valence-electron chi connectivity index (χ0n) is 16.8. The van der Waals surface area contributed by atoms with Crippen molar-refractivity contribution in [1.29, 1.82) is 0 Å². The van der Waals surface area contributed by atoms with Gasteiger partial charge in [0.25, 0.3) is 11.8 Å². The number of hydrogen-bond donors (Lipinski definition) is 2. The average Bonchev–Trinajstić information content (AvgIpc) is 3.46. The molecule has 3 aromatic heterocycles. The molecule has 10 heteroatoms. The lowest BCUT2D eigenvalue weighted by molar-refractivity contribution is -0.115. The molecule has 0 radical (unpaired) electrons. The first kappa shape index (κ1) is 21.9. The van der Waals surface area contributed by atoms with Crippen molar-refractivity contribution in [3.63, 3.8) is 0 Å². The zero-order chi connectivity index (χ0) is 21.7. The quantitative estimate of drug-likeness (QED) is 0.491. The Morgan fingerprint density at radius 2 is 2.17 bits per heavy atom. The number of anilines is 2. The number of aromatic nitrogens is 3. The normalized spacial score (nSPS) is 10.8. The van der Waals surface area contributed by atoms with Crippen LogP contribution >= 0.6 is 22.7 Å². The van der Waals surface area contributed by atoms with E-state index in [9.17, 15) is 9.59 Å². The van der Waals surface area contributed by atoms with E-state index in [1.807, 2.05) is 24.4 Å². The van der Waals surface area contributed by atoms with Crippen molar-refractivity contribution in [2.24, 2.45) is 7.05 Å². The van der Waals surface area contributed by atoms with Crippen LogP contribution in [0.1, 0.15) is 30.3 Å². The summed E-state index contributed by atoms with van der Waals surface area (Å²) in [6.07, 6.45) is 2.51. The molecule has 2 amide bonds. The van der Waals surface area contributed by atoms with Crippen molar-refractivity contribution >= 4 is 46.0 Å². The van der Waals surface area contributed by atoms with Crippen molar-refractivity contribution in [2.75, 3.05) is 23.4 Å². The van der Waals surface area contributed by atoms with E-state index in [2.05, 4.69) is 22.0 Å². The van der Waals surface area contributed by atoms with Crippen LogP contribution in [0.15, 0.2) is 41.2 Å². The number of aliphatic hydroxyl groups excluding tert-OH is 1. The predicted octanol–water partition coefficient (Wildman–Crippen LogP) is 3.54. The van der Waals surface area contributed by atoms with Gasteiger partial charge in [-0.2, -0.15) is 5.10 Å². The Morgan fingerprint density at radius 3 is 2.83 bits per heavy atom. The Balaban J connectivity index is 1.84. The number of thiophene rings is 1. The molecule has 0 fully saturated rings. The highest BCUT2D eigenvalue weighted by Gasteiger charge is 2.25. The standard InChI is InChI=1S/C20H23N5O3S2/c1-4-8-25(20(28)13(2)7-9-26)17-14(11-24(3)23-17)21-18(27)15-12-30-19(22-15)16-6-5-10-29-16/h5-6,10-12,26H,2,4,7-9H2,1,3H3,(H,21,27). The molecule has 3 rings (SSSR count). The molecule has 30 heavy (non-hydrogen) atoms. The van der Waals surface area contributed by atoms with Crippen LogP contribution in [0.3, 0.4) is 0 Å². The molecule has 0 saturated heterocycles.